The number of rotatable bonds is 3. The lowest BCUT2D eigenvalue weighted by Crippen LogP contribution is -2.56. The van der Waals surface area contributed by atoms with Crippen molar-refractivity contribution in [1.82, 2.24) is 10.2 Å². The van der Waals surface area contributed by atoms with E-state index in [9.17, 15) is 0 Å². The Bertz CT molecular complexity index is 445. The van der Waals surface area contributed by atoms with Crippen molar-refractivity contribution in [3.8, 4) is 0 Å². The zero-order chi connectivity index (χ0) is 14.7. The zero-order valence-corrected chi connectivity index (χ0v) is 13.5. The molecule has 3 nitrogen and oxygen atoms in total. The molecule has 0 aromatic heterocycles. The van der Waals surface area contributed by atoms with Gasteiger partial charge in [-0.25, -0.2) is 0 Å². The summed E-state index contributed by atoms with van der Waals surface area (Å²) in [4.78, 5) is 2.70. The van der Waals surface area contributed by atoms with Crippen LogP contribution in [0.15, 0.2) is 24.3 Å². The average Bonchev–Trinajstić information content (AvgIpc) is 2.52. The van der Waals surface area contributed by atoms with Crippen molar-refractivity contribution >= 4 is 11.6 Å². The molecule has 2 saturated heterocycles. The highest BCUT2D eigenvalue weighted by atomic mass is 35.5. The Morgan fingerprint density at radius 3 is 2.67 bits per heavy atom. The summed E-state index contributed by atoms with van der Waals surface area (Å²) in [6.45, 7) is 6.37. The van der Waals surface area contributed by atoms with Crippen molar-refractivity contribution in [1.29, 1.82) is 0 Å². The molecule has 21 heavy (non-hydrogen) atoms. The second-order valence-electron chi connectivity index (χ2n) is 6.31. The van der Waals surface area contributed by atoms with Crippen LogP contribution >= 0.6 is 11.6 Å². The highest BCUT2D eigenvalue weighted by Crippen LogP contribution is 2.23. The first kappa shape index (κ1) is 15.3. The van der Waals surface area contributed by atoms with Gasteiger partial charge in [0.25, 0.3) is 0 Å². The van der Waals surface area contributed by atoms with Crippen LogP contribution in [0.5, 0.6) is 0 Å². The predicted molar refractivity (Wildman–Crippen MR) is 87.0 cm³/mol. The Hall–Kier alpha value is -0.610. The van der Waals surface area contributed by atoms with Crippen molar-refractivity contribution in [2.45, 2.75) is 44.4 Å². The second kappa shape index (κ2) is 7.10. The summed E-state index contributed by atoms with van der Waals surface area (Å²) in [5, 5.41) is 4.27. The average molecular weight is 309 g/mol. The fraction of sp³-hybridized carbons (Fsp3) is 0.647. The van der Waals surface area contributed by atoms with Gasteiger partial charge in [-0.15, -0.1) is 0 Å². The summed E-state index contributed by atoms with van der Waals surface area (Å²) in [6.07, 6.45) is 3.91. The molecule has 4 heteroatoms. The van der Waals surface area contributed by atoms with Crippen molar-refractivity contribution in [3.63, 3.8) is 0 Å². The van der Waals surface area contributed by atoms with Gasteiger partial charge >= 0.3 is 0 Å². The van der Waals surface area contributed by atoms with Crippen LogP contribution < -0.4 is 5.32 Å². The summed E-state index contributed by atoms with van der Waals surface area (Å²) >= 11 is 5.98. The van der Waals surface area contributed by atoms with E-state index in [1.165, 1.54) is 18.4 Å². The molecule has 1 aromatic rings. The molecule has 0 saturated carbocycles. The van der Waals surface area contributed by atoms with Gasteiger partial charge in [0, 0.05) is 23.7 Å². The van der Waals surface area contributed by atoms with E-state index in [1.807, 2.05) is 12.1 Å². The summed E-state index contributed by atoms with van der Waals surface area (Å²) in [5.74, 6) is 0. The van der Waals surface area contributed by atoms with E-state index in [0.717, 1.165) is 37.7 Å². The largest absolute Gasteiger partial charge is 0.376 e. The third-order valence-electron chi connectivity index (χ3n) is 4.67. The van der Waals surface area contributed by atoms with E-state index in [1.54, 1.807) is 0 Å². The molecule has 2 heterocycles. The lowest BCUT2D eigenvalue weighted by molar-refractivity contribution is -0.0752. The molecule has 2 fully saturated rings. The number of nitrogens with zero attached hydrogens (tertiary/aromatic N) is 1. The number of ether oxygens (including phenoxy) is 1. The normalized spacial score (nSPS) is 28.7. The third-order valence-corrected chi connectivity index (χ3v) is 4.92. The summed E-state index contributed by atoms with van der Waals surface area (Å²) in [6, 6.07) is 9.44. The van der Waals surface area contributed by atoms with Crippen molar-refractivity contribution in [3.05, 3.63) is 34.9 Å². The van der Waals surface area contributed by atoms with Gasteiger partial charge in [0.2, 0.25) is 0 Å². The first-order valence-electron chi connectivity index (χ1n) is 8.05. The van der Waals surface area contributed by atoms with Gasteiger partial charge in [-0.3, -0.25) is 4.90 Å². The van der Waals surface area contributed by atoms with Gasteiger partial charge in [-0.1, -0.05) is 23.7 Å². The van der Waals surface area contributed by atoms with Gasteiger partial charge in [0.05, 0.1) is 12.7 Å². The zero-order valence-electron chi connectivity index (χ0n) is 12.7. The van der Waals surface area contributed by atoms with Gasteiger partial charge in [0.15, 0.2) is 0 Å². The summed E-state index contributed by atoms with van der Waals surface area (Å²) < 4.78 is 5.92. The minimum atomic E-state index is 0.348. The second-order valence-corrected chi connectivity index (χ2v) is 6.74. The number of morpholine rings is 1. The molecule has 2 aliphatic heterocycles. The Balaban J connectivity index is 1.69. The van der Waals surface area contributed by atoms with Gasteiger partial charge in [0.1, 0.15) is 0 Å². The lowest BCUT2D eigenvalue weighted by atomic mass is 9.97. The Morgan fingerprint density at radius 2 is 1.95 bits per heavy atom. The summed E-state index contributed by atoms with van der Waals surface area (Å²) in [7, 11) is 0. The van der Waals surface area contributed by atoms with Crippen LogP contribution in [0.4, 0.5) is 0 Å². The number of nitrogens with one attached hydrogen (secondary N) is 1. The van der Waals surface area contributed by atoms with Crippen LogP contribution in [0.25, 0.3) is 0 Å². The Kier molecular flexibility index (Phi) is 5.17. The van der Waals surface area contributed by atoms with Crippen LogP contribution in [-0.2, 0) is 11.2 Å². The molecule has 0 spiro atoms. The van der Waals surface area contributed by atoms with E-state index in [0.29, 0.717) is 18.2 Å². The van der Waals surface area contributed by atoms with Crippen molar-refractivity contribution in [2.75, 3.05) is 26.2 Å². The molecule has 3 rings (SSSR count). The standard InChI is InChI=1S/C17H25ClN2O/c1-13-11-20(16-6-8-19-9-7-16)17(12-21-13)10-14-2-4-15(18)5-3-14/h2-5,13,16-17,19H,6-12H2,1H3/t13-,17?/m0/s1. The van der Waals surface area contributed by atoms with E-state index in [2.05, 4.69) is 29.3 Å². The van der Waals surface area contributed by atoms with Crippen LogP contribution in [0.1, 0.15) is 25.3 Å². The molecular weight excluding hydrogens is 284 g/mol. The molecule has 0 radical (unpaired) electrons. The Labute approximate surface area is 132 Å². The van der Waals surface area contributed by atoms with Crippen LogP contribution in [0.3, 0.4) is 0 Å². The number of benzene rings is 1. The van der Waals surface area contributed by atoms with E-state index < -0.39 is 0 Å². The number of piperidine rings is 1. The minimum Gasteiger partial charge on any atom is -0.376 e. The minimum absolute atomic E-state index is 0.348. The van der Waals surface area contributed by atoms with Crippen molar-refractivity contribution < 1.29 is 4.74 Å². The monoisotopic (exact) mass is 308 g/mol. The number of halogens is 1. The van der Waals surface area contributed by atoms with E-state index in [-0.39, 0.29) is 0 Å². The van der Waals surface area contributed by atoms with E-state index in [4.69, 9.17) is 16.3 Å². The molecule has 2 aliphatic rings. The lowest BCUT2D eigenvalue weighted by Gasteiger charge is -2.45. The SMILES string of the molecule is C[C@H]1CN(C2CCNCC2)C(Cc2ccc(Cl)cc2)CO1. The maximum Gasteiger partial charge on any atom is 0.0674 e. The molecule has 0 aliphatic carbocycles. The summed E-state index contributed by atoms with van der Waals surface area (Å²) in [5.41, 5.74) is 1.35. The topological polar surface area (TPSA) is 24.5 Å². The molecule has 0 amide bonds. The van der Waals surface area contributed by atoms with Crippen LogP contribution in [0, 0.1) is 0 Å². The highest BCUT2D eigenvalue weighted by molar-refractivity contribution is 6.30. The van der Waals surface area contributed by atoms with Gasteiger partial charge in [-0.2, -0.15) is 0 Å². The molecule has 1 unspecified atom stereocenters. The fourth-order valence-corrected chi connectivity index (χ4v) is 3.65. The first-order valence-corrected chi connectivity index (χ1v) is 8.42. The number of hydrogen-bond acceptors (Lipinski definition) is 3. The first-order chi connectivity index (χ1) is 10.2. The quantitative estimate of drug-likeness (QED) is 0.929. The molecule has 2 atom stereocenters. The van der Waals surface area contributed by atoms with Crippen LogP contribution in [0.2, 0.25) is 5.02 Å². The number of hydrogen-bond donors (Lipinski definition) is 1. The van der Waals surface area contributed by atoms with Crippen molar-refractivity contribution in [2.24, 2.45) is 0 Å². The molecule has 0 bridgehead atoms. The fourth-order valence-electron chi connectivity index (χ4n) is 3.52. The highest BCUT2D eigenvalue weighted by Gasteiger charge is 2.32. The molecular formula is C17H25ClN2O. The maximum absolute atomic E-state index is 5.98. The molecule has 1 N–H and O–H groups in total. The predicted octanol–water partition coefficient (Wildman–Crippen LogP) is 2.72. The Morgan fingerprint density at radius 1 is 1.24 bits per heavy atom. The third kappa shape index (κ3) is 3.98. The van der Waals surface area contributed by atoms with Gasteiger partial charge in [-0.05, 0) is 57.0 Å². The van der Waals surface area contributed by atoms with E-state index >= 15 is 0 Å². The van der Waals surface area contributed by atoms with Crippen LogP contribution in [-0.4, -0.2) is 49.3 Å². The van der Waals surface area contributed by atoms with Gasteiger partial charge < -0.3 is 10.1 Å². The molecule has 116 valence electrons. The maximum atomic E-state index is 5.98. The molecule has 1 aromatic carbocycles. The smallest absolute Gasteiger partial charge is 0.0674 e.